The Morgan fingerprint density at radius 3 is 2.32 bits per heavy atom. The lowest BCUT2D eigenvalue weighted by molar-refractivity contribution is 0.104. The normalized spacial score (nSPS) is 10.7. The molecule has 0 atom stereocenters. The fraction of sp³-hybridized carbons (Fsp3) is 0.250. The molecule has 0 radical (unpaired) electrons. The number of phenolic OH excluding ortho intramolecular Hbond substituents is 1. The maximum absolute atomic E-state index is 12.5. The van der Waals surface area contributed by atoms with Crippen molar-refractivity contribution < 1.29 is 24.1 Å². The van der Waals surface area contributed by atoms with Crippen LogP contribution in [0.25, 0.3) is 6.08 Å². The fourth-order valence-corrected chi connectivity index (χ4v) is 2.31. The second-order valence-electron chi connectivity index (χ2n) is 5.15. The van der Waals surface area contributed by atoms with Crippen LogP contribution in [0.4, 0.5) is 0 Å². The Morgan fingerprint density at radius 1 is 1.04 bits per heavy atom. The van der Waals surface area contributed by atoms with Gasteiger partial charge in [0.2, 0.25) is 0 Å². The molecule has 0 aromatic heterocycles. The number of rotatable bonds is 8. The summed E-state index contributed by atoms with van der Waals surface area (Å²) in [6, 6.07) is 10.4. The molecule has 1 N–H and O–H groups in total. The number of phenols is 1. The van der Waals surface area contributed by atoms with Gasteiger partial charge in [0.25, 0.3) is 0 Å². The van der Waals surface area contributed by atoms with Gasteiger partial charge in [0, 0.05) is 12.1 Å². The lowest BCUT2D eigenvalue weighted by Crippen LogP contribution is -2.03. The van der Waals surface area contributed by atoms with E-state index < -0.39 is 0 Å². The third-order valence-corrected chi connectivity index (χ3v) is 3.46. The Morgan fingerprint density at radius 2 is 1.72 bits per heavy atom. The minimum Gasteiger partial charge on any atom is -0.507 e. The molecule has 0 aliphatic carbocycles. The first-order valence-corrected chi connectivity index (χ1v) is 8.08. The fourth-order valence-electron chi connectivity index (χ4n) is 2.31. The predicted octanol–water partition coefficient (Wildman–Crippen LogP) is 4.09. The SMILES string of the molecule is CCOc1ccc(/C=C/C(=O)c2c(O)cc(OC)cc2OCC)cc1. The van der Waals surface area contributed by atoms with Gasteiger partial charge in [-0.05, 0) is 37.6 Å². The van der Waals surface area contributed by atoms with Gasteiger partial charge in [-0.1, -0.05) is 18.2 Å². The van der Waals surface area contributed by atoms with Crippen LogP contribution in [0.15, 0.2) is 42.5 Å². The number of ether oxygens (including phenoxy) is 3. The first-order valence-electron chi connectivity index (χ1n) is 8.08. The van der Waals surface area contributed by atoms with Crippen molar-refractivity contribution in [1.82, 2.24) is 0 Å². The summed E-state index contributed by atoms with van der Waals surface area (Å²) < 4.78 is 15.9. The molecule has 0 saturated carbocycles. The van der Waals surface area contributed by atoms with Crippen LogP contribution in [0.3, 0.4) is 0 Å². The van der Waals surface area contributed by atoms with E-state index in [1.165, 1.54) is 19.3 Å². The maximum Gasteiger partial charge on any atom is 0.193 e. The summed E-state index contributed by atoms with van der Waals surface area (Å²) in [6.45, 7) is 4.70. The Balaban J connectivity index is 2.24. The van der Waals surface area contributed by atoms with Crippen molar-refractivity contribution in [2.45, 2.75) is 13.8 Å². The third-order valence-electron chi connectivity index (χ3n) is 3.46. The van der Waals surface area contributed by atoms with Gasteiger partial charge in [0.1, 0.15) is 28.6 Å². The zero-order valence-corrected chi connectivity index (χ0v) is 14.6. The van der Waals surface area contributed by atoms with Gasteiger partial charge >= 0.3 is 0 Å². The molecule has 5 heteroatoms. The topological polar surface area (TPSA) is 65.0 Å². The molecule has 0 amide bonds. The van der Waals surface area contributed by atoms with E-state index >= 15 is 0 Å². The maximum atomic E-state index is 12.5. The monoisotopic (exact) mass is 342 g/mol. The second-order valence-corrected chi connectivity index (χ2v) is 5.15. The molecule has 132 valence electrons. The number of methoxy groups -OCH3 is 1. The summed E-state index contributed by atoms with van der Waals surface area (Å²) in [5.41, 5.74) is 0.965. The molecule has 2 rings (SSSR count). The van der Waals surface area contributed by atoms with Crippen LogP contribution in [-0.2, 0) is 0 Å². The molecule has 0 heterocycles. The zero-order valence-electron chi connectivity index (χ0n) is 14.6. The van der Waals surface area contributed by atoms with Crippen LogP contribution in [0.1, 0.15) is 29.8 Å². The molecule has 0 unspecified atom stereocenters. The number of hydrogen-bond donors (Lipinski definition) is 1. The van der Waals surface area contributed by atoms with Crippen LogP contribution in [-0.4, -0.2) is 31.2 Å². The smallest absolute Gasteiger partial charge is 0.193 e. The van der Waals surface area contributed by atoms with Crippen LogP contribution < -0.4 is 14.2 Å². The summed E-state index contributed by atoms with van der Waals surface area (Å²) in [7, 11) is 1.48. The zero-order chi connectivity index (χ0) is 18.2. The van der Waals surface area contributed by atoms with Gasteiger partial charge in [-0.2, -0.15) is 0 Å². The molecule has 0 bridgehead atoms. The molecule has 0 fully saturated rings. The molecule has 0 spiro atoms. The molecule has 0 aliphatic heterocycles. The van der Waals surface area contributed by atoms with Crippen molar-refractivity contribution in [2.75, 3.05) is 20.3 Å². The molecule has 0 aliphatic rings. The Bertz CT molecular complexity index is 747. The number of allylic oxidation sites excluding steroid dienone is 1. The summed E-state index contributed by atoms with van der Waals surface area (Å²) in [5.74, 6) is 0.965. The van der Waals surface area contributed by atoms with Crippen molar-refractivity contribution in [3.05, 3.63) is 53.6 Å². The highest BCUT2D eigenvalue weighted by Gasteiger charge is 2.17. The predicted molar refractivity (Wildman–Crippen MR) is 96.8 cm³/mol. The number of ketones is 1. The van der Waals surface area contributed by atoms with Gasteiger partial charge in [-0.3, -0.25) is 4.79 Å². The van der Waals surface area contributed by atoms with Crippen molar-refractivity contribution in [1.29, 1.82) is 0 Å². The molecule has 5 nitrogen and oxygen atoms in total. The lowest BCUT2D eigenvalue weighted by Gasteiger charge is -2.12. The van der Waals surface area contributed by atoms with Crippen molar-refractivity contribution >= 4 is 11.9 Å². The number of aromatic hydroxyl groups is 1. The van der Waals surface area contributed by atoms with Crippen LogP contribution >= 0.6 is 0 Å². The van der Waals surface area contributed by atoms with Gasteiger partial charge < -0.3 is 19.3 Å². The van der Waals surface area contributed by atoms with Gasteiger partial charge in [-0.15, -0.1) is 0 Å². The van der Waals surface area contributed by atoms with Crippen molar-refractivity contribution in [2.24, 2.45) is 0 Å². The highest BCUT2D eigenvalue weighted by Crippen LogP contribution is 2.34. The summed E-state index contributed by atoms with van der Waals surface area (Å²) in [5, 5.41) is 10.2. The van der Waals surface area contributed by atoms with E-state index in [0.29, 0.717) is 24.7 Å². The molecule has 2 aromatic carbocycles. The van der Waals surface area contributed by atoms with E-state index in [0.717, 1.165) is 11.3 Å². The van der Waals surface area contributed by atoms with Crippen molar-refractivity contribution in [3.63, 3.8) is 0 Å². The van der Waals surface area contributed by atoms with E-state index in [1.54, 1.807) is 19.1 Å². The second kappa shape index (κ2) is 8.78. The number of carbonyl (C=O) groups is 1. The van der Waals surface area contributed by atoms with E-state index in [-0.39, 0.29) is 17.1 Å². The van der Waals surface area contributed by atoms with Crippen LogP contribution in [0.2, 0.25) is 0 Å². The van der Waals surface area contributed by atoms with Gasteiger partial charge in [-0.25, -0.2) is 0 Å². The number of carbonyl (C=O) groups excluding carboxylic acids is 1. The minimum atomic E-state index is -0.350. The van der Waals surface area contributed by atoms with E-state index in [9.17, 15) is 9.90 Å². The molecular formula is C20H22O5. The Labute approximate surface area is 147 Å². The molecule has 2 aromatic rings. The van der Waals surface area contributed by atoms with Crippen LogP contribution in [0.5, 0.6) is 23.0 Å². The van der Waals surface area contributed by atoms with E-state index in [1.807, 2.05) is 31.2 Å². The van der Waals surface area contributed by atoms with Crippen LogP contribution in [0, 0.1) is 0 Å². The first kappa shape index (κ1) is 18.4. The average Bonchev–Trinajstić information content (AvgIpc) is 2.61. The largest absolute Gasteiger partial charge is 0.507 e. The van der Waals surface area contributed by atoms with Gasteiger partial charge in [0.15, 0.2) is 5.78 Å². The van der Waals surface area contributed by atoms with Gasteiger partial charge in [0.05, 0.1) is 20.3 Å². The highest BCUT2D eigenvalue weighted by atomic mass is 16.5. The first-order chi connectivity index (χ1) is 12.1. The van der Waals surface area contributed by atoms with E-state index in [4.69, 9.17) is 14.2 Å². The van der Waals surface area contributed by atoms with E-state index in [2.05, 4.69) is 0 Å². The quantitative estimate of drug-likeness (QED) is 0.578. The molecule has 25 heavy (non-hydrogen) atoms. The summed E-state index contributed by atoms with van der Waals surface area (Å²) >= 11 is 0. The number of hydrogen-bond acceptors (Lipinski definition) is 5. The molecule has 0 saturated heterocycles. The lowest BCUT2D eigenvalue weighted by atomic mass is 10.1. The average molecular weight is 342 g/mol. The standard InChI is InChI=1S/C20H22O5/c1-4-24-15-9-6-14(7-10-15)8-11-17(21)20-18(22)12-16(23-3)13-19(20)25-5-2/h6-13,22H,4-5H2,1-3H3/b11-8+. The Kier molecular flexibility index (Phi) is 6.46. The third kappa shape index (κ3) is 4.76. The highest BCUT2D eigenvalue weighted by molar-refractivity contribution is 6.10. The Hall–Kier alpha value is -2.95. The summed E-state index contributed by atoms with van der Waals surface area (Å²) in [4.78, 5) is 12.5. The number of benzene rings is 2. The minimum absolute atomic E-state index is 0.116. The molecular weight excluding hydrogens is 320 g/mol. The van der Waals surface area contributed by atoms with Crippen molar-refractivity contribution in [3.8, 4) is 23.0 Å². The summed E-state index contributed by atoms with van der Waals surface area (Å²) in [6.07, 6.45) is 3.08.